The SMILES string of the molecule is CC(=O)N1CCC[C@H]1C(=O)N[C@@H](CC(C)C)C(=O)N[C@@H](Cc1cncn1CCCCCCO/N=C\c1[nH]ncc1-c1ccccc1)C(=O)N[C@@H](CO)C(=O)N[C@H](C(N)=O)[C@@H](C)OP(=O)(O)O. The van der Waals surface area contributed by atoms with Crippen LogP contribution < -0.4 is 27.0 Å². The molecule has 66 heavy (non-hydrogen) atoms. The summed E-state index contributed by atoms with van der Waals surface area (Å²) in [6, 6.07) is 2.89. The zero-order chi connectivity index (χ0) is 48.4. The molecule has 1 saturated heterocycles. The number of imidazole rings is 1. The fourth-order valence-corrected chi connectivity index (χ4v) is 7.96. The van der Waals surface area contributed by atoms with Crippen LogP contribution in [-0.4, -0.2) is 137 Å². The summed E-state index contributed by atoms with van der Waals surface area (Å²) < 4.78 is 17.7. The Morgan fingerprint density at radius 2 is 1.64 bits per heavy atom. The Morgan fingerprint density at radius 3 is 2.30 bits per heavy atom. The number of aliphatic hydroxyl groups is 1. The number of H-pyrrole nitrogens is 1. The number of phosphoric acid groups is 1. The molecule has 1 aliphatic rings. The van der Waals surface area contributed by atoms with E-state index in [0.717, 1.165) is 43.0 Å². The molecule has 0 aliphatic carbocycles. The first-order valence-corrected chi connectivity index (χ1v) is 23.3. The second-order valence-corrected chi connectivity index (χ2v) is 17.6. The van der Waals surface area contributed by atoms with Crippen LogP contribution in [0.15, 0.2) is 54.2 Å². The molecule has 3 heterocycles. The number of rotatable bonds is 27. The van der Waals surface area contributed by atoms with Gasteiger partial charge in [0, 0.05) is 43.9 Å². The number of aryl methyl sites for hydroxylation is 1. The van der Waals surface area contributed by atoms with Gasteiger partial charge in [-0.3, -0.25) is 38.4 Å². The van der Waals surface area contributed by atoms with Crippen LogP contribution in [0.2, 0.25) is 0 Å². The standard InChI is InChI=1S/C42H62N11O12P/c1-26(2)19-32(48-42(60)36-15-12-17-53(36)28(4)55)39(57)47-33(40(58)49-35(24-54)41(59)50-37(38(43)56)27(3)65-66(61,62)63)20-30-21-44-25-52(30)16-10-5-6-11-18-64-46-23-34-31(22-45-51-34)29-13-8-7-9-14-29/h7-9,13-14,21-23,25-27,32-33,35-37,54H,5-6,10-12,15-20,24H2,1-4H3,(H2,43,56)(H,45,51)(H,47,57)(H,48,60)(H,49,58)(H,50,59)(H2,61,62,63)/b46-23-/t27-,32+,33+,35+,36+,37+/m1/s1. The van der Waals surface area contributed by atoms with E-state index in [1.54, 1.807) is 18.7 Å². The Morgan fingerprint density at radius 1 is 0.955 bits per heavy atom. The summed E-state index contributed by atoms with van der Waals surface area (Å²) in [5.41, 5.74) is 8.49. The van der Waals surface area contributed by atoms with E-state index in [2.05, 4.69) is 46.1 Å². The molecule has 0 radical (unpaired) electrons. The number of hydrogen-bond acceptors (Lipinski definition) is 13. The number of aliphatic hydroxyl groups excluding tert-OH is 1. The van der Waals surface area contributed by atoms with Gasteiger partial charge in [-0.05, 0) is 56.9 Å². The molecule has 0 unspecified atom stereocenters. The first-order chi connectivity index (χ1) is 31.4. The Kier molecular flexibility index (Phi) is 20.4. The van der Waals surface area contributed by atoms with Gasteiger partial charge in [-0.15, -0.1) is 0 Å². The minimum absolute atomic E-state index is 0.103. The van der Waals surface area contributed by atoms with E-state index in [9.17, 15) is 48.2 Å². The number of primary amides is 1. The molecule has 362 valence electrons. The summed E-state index contributed by atoms with van der Waals surface area (Å²) in [7, 11) is -5.13. The van der Waals surface area contributed by atoms with E-state index in [1.165, 1.54) is 18.0 Å². The number of aromatic nitrogens is 4. The van der Waals surface area contributed by atoms with Crippen molar-refractivity contribution in [2.75, 3.05) is 19.8 Å². The summed E-state index contributed by atoms with van der Waals surface area (Å²) in [5.74, 6) is -4.96. The predicted octanol–water partition coefficient (Wildman–Crippen LogP) is 0.398. The molecule has 24 heteroatoms. The quantitative estimate of drug-likeness (QED) is 0.0216. The lowest BCUT2D eigenvalue weighted by Gasteiger charge is -2.28. The van der Waals surface area contributed by atoms with Crippen molar-refractivity contribution in [2.24, 2.45) is 16.8 Å². The van der Waals surface area contributed by atoms with Gasteiger partial charge in [-0.1, -0.05) is 55.8 Å². The Bertz CT molecular complexity index is 2160. The third kappa shape index (κ3) is 16.5. The fraction of sp³-hybridized carbons (Fsp3) is 0.548. The molecular weight excluding hydrogens is 882 g/mol. The molecule has 6 atom stereocenters. The van der Waals surface area contributed by atoms with Crippen molar-refractivity contribution in [2.45, 2.75) is 122 Å². The van der Waals surface area contributed by atoms with Crippen LogP contribution >= 0.6 is 7.82 Å². The largest absolute Gasteiger partial charge is 0.469 e. The van der Waals surface area contributed by atoms with Crippen LogP contribution in [0.3, 0.4) is 0 Å². The van der Waals surface area contributed by atoms with E-state index in [-0.39, 0.29) is 24.7 Å². The lowest BCUT2D eigenvalue weighted by Crippen LogP contribution is -2.61. The second kappa shape index (κ2) is 25.6. The number of carbonyl (C=O) groups excluding carboxylic acids is 6. The molecule has 1 fully saturated rings. The minimum Gasteiger partial charge on any atom is -0.396 e. The third-order valence-corrected chi connectivity index (χ3v) is 11.3. The molecular formula is C42H62N11O12P. The lowest BCUT2D eigenvalue weighted by molar-refractivity contribution is -0.139. The maximum absolute atomic E-state index is 14.1. The second-order valence-electron chi connectivity index (χ2n) is 16.4. The highest BCUT2D eigenvalue weighted by molar-refractivity contribution is 7.46. The molecule has 1 aliphatic heterocycles. The van der Waals surface area contributed by atoms with Gasteiger partial charge in [0.25, 0.3) is 0 Å². The highest BCUT2D eigenvalue weighted by atomic mass is 31.2. The third-order valence-electron chi connectivity index (χ3n) is 10.7. The van der Waals surface area contributed by atoms with E-state index in [0.29, 0.717) is 44.7 Å². The number of aromatic amines is 1. The van der Waals surface area contributed by atoms with Crippen molar-refractivity contribution in [3.05, 3.63) is 60.4 Å². The van der Waals surface area contributed by atoms with E-state index in [1.807, 2.05) is 48.7 Å². The average molecular weight is 944 g/mol. The zero-order valence-electron chi connectivity index (χ0n) is 37.5. The molecule has 0 saturated carbocycles. The number of nitrogens with zero attached hydrogens (tertiary/aromatic N) is 5. The first-order valence-electron chi connectivity index (χ1n) is 21.7. The predicted molar refractivity (Wildman–Crippen MR) is 238 cm³/mol. The maximum Gasteiger partial charge on any atom is 0.469 e. The molecule has 23 nitrogen and oxygen atoms in total. The van der Waals surface area contributed by atoms with Gasteiger partial charge in [-0.25, -0.2) is 9.55 Å². The molecule has 2 aromatic heterocycles. The molecule has 3 aromatic rings. The number of carbonyl (C=O) groups is 6. The van der Waals surface area contributed by atoms with Crippen LogP contribution in [0.1, 0.15) is 84.0 Å². The molecule has 0 spiro atoms. The van der Waals surface area contributed by atoms with E-state index in [4.69, 9.17) is 10.6 Å². The first kappa shape index (κ1) is 52.6. The van der Waals surface area contributed by atoms with Crippen LogP contribution in [0, 0.1) is 5.92 Å². The number of unbranched alkanes of at least 4 members (excludes halogenated alkanes) is 3. The van der Waals surface area contributed by atoms with E-state index < -0.39 is 80.3 Å². The van der Waals surface area contributed by atoms with Gasteiger partial charge < -0.3 is 56.2 Å². The summed E-state index contributed by atoms with van der Waals surface area (Å²) in [4.78, 5) is 109. The smallest absolute Gasteiger partial charge is 0.396 e. The number of benzene rings is 1. The Hall–Kier alpha value is -6.00. The molecule has 0 bridgehead atoms. The van der Waals surface area contributed by atoms with Crippen molar-refractivity contribution < 1.29 is 57.6 Å². The highest BCUT2D eigenvalue weighted by Gasteiger charge is 2.37. The maximum atomic E-state index is 14.1. The lowest BCUT2D eigenvalue weighted by atomic mass is 10.0. The molecule has 6 amide bonds. The Balaban J connectivity index is 1.42. The van der Waals surface area contributed by atoms with Crippen molar-refractivity contribution in [1.29, 1.82) is 0 Å². The topological polar surface area (TPSA) is 335 Å². The monoisotopic (exact) mass is 943 g/mol. The van der Waals surface area contributed by atoms with Crippen LogP contribution in [-0.2, 0) is 55.7 Å². The van der Waals surface area contributed by atoms with Gasteiger partial charge in [0.1, 0.15) is 36.8 Å². The number of nitrogens with one attached hydrogen (secondary N) is 5. The minimum atomic E-state index is -5.13. The van der Waals surface area contributed by atoms with Crippen molar-refractivity contribution in [1.82, 2.24) is 45.9 Å². The van der Waals surface area contributed by atoms with E-state index >= 15 is 0 Å². The zero-order valence-corrected chi connectivity index (χ0v) is 38.4. The number of amides is 6. The van der Waals surface area contributed by atoms with Crippen LogP contribution in [0.25, 0.3) is 11.1 Å². The summed E-state index contributed by atoms with van der Waals surface area (Å²) in [6.45, 7) is 6.39. The normalized spacial score (nSPS) is 16.3. The summed E-state index contributed by atoms with van der Waals surface area (Å²) in [6.07, 6.45) is 8.86. The highest BCUT2D eigenvalue weighted by Crippen LogP contribution is 2.38. The number of nitrogens with two attached hydrogens (primary N) is 1. The van der Waals surface area contributed by atoms with Crippen LogP contribution in [0.4, 0.5) is 0 Å². The number of oxime groups is 1. The summed E-state index contributed by atoms with van der Waals surface area (Å²) >= 11 is 0. The molecule has 10 N–H and O–H groups in total. The van der Waals surface area contributed by atoms with Gasteiger partial charge in [-0.2, -0.15) is 5.10 Å². The number of likely N-dealkylation sites (tertiary alicyclic amines) is 1. The average Bonchev–Trinajstić information content (AvgIpc) is 4.05. The molecule has 4 rings (SSSR count). The number of hydrogen-bond donors (Lipinski definition) is 9. The van der Waals surface area contributed by atoms with Gasteiger partial charge >= 0.3 is 7.82 Å². The van der Waals surface area contributed by atoms with Crippen molar-refractivity contribution in [3.63, 3.8) is 0 Å². The van der Waals surface area contributed by atoms with Gasteiger partial charge in [0.05, 0.1) is 37.1 Å². The van der Waals surface area contributed by atoms with Crippen LogP contribution in [0.5, 0.6) is 0 Å². The Labute approximate surface area is 382 Å². The van der Waals surface area contributed by atoms with Crippen molar-refractivity contribution >= 4 is 49.5 Å². The summed E-state index contributed by atoms with van der Waals surface area (Å²) in [5, 5.41) is 31.2. The molecule has 1 aromatic carbocycles. The fourth-order valence-electron chi connectivity index (χ4n) is 7.40. The number of phosphoric ester groups is 1. The van der Waals surface area contributed by atoms with Crippen molar-refractivity contribution in [3.8, 4) is 11.1 Å². The van der Waals surface area contributed by atoms with Gasteiger partial charge in [0.2, 0.25) is 35.4 Å². The van der Waals surface area contributed by atoms with Gasteiger partial charge in [0.15, 0.2) is 0 Å².